The highest BCUT2D eigenvalue weighted by molar-refractivity contribution is 7.85. The van der Waals surface area contributed by atoms with Crippen LogP contribution in [0.3, 0.4) is 0 Å². The number of nitrogens with two attached hydrogens (primary N) is 1. The molecule has 1 fully saturated rings. The summed E-state index contributed by atoms with van der Waals surface area (Å²) in [6, 6.07) is 7.72. The Balaban J connectivity index is 2.12. The number of benzene rings is 1. The average Bonchev–Trinajstić information content (AvgIpc) is 2.38. The first kappa shape index (κ1) is 12.6. The molecule has 3 nitrogen and oxygen atoms in total. The number of hydrogen-bond acceptors (Lipinski definition) is 3. The molecular weight excluding hydrogens is 234 g/mol. The van der Waals surface area contributed by atoms with E-state index >= 15 is 0 Å². The third-order valence-corrected chi connectivity index (χ3v) is 5.00. The lowest BCUT2D eigenvalue weighted by atomic mass is 9.96. The predicted molar refractivity (Wildman–Crippen MR) is 69.6 cm³/mol. The molecule has 4 heteroatoms. The van der Waals surface area contributed by atoms with E-state index in [-0.39, 0.29) is 11.3 Å². The minimum absolute atomic E-state index is 0.200. The summed E-state index contributed by atoms with van der Waals surface area (Å²) >= 11 is 0. The Morgan fingerprint density at radius 3 is 2.94 bits per heavy atom. The highest BCUT2D eigenvalue weighted by atomic mass is 32.2. The molecule has 3 atom stereocenters. The number of ether oxygens (including phenoxy) is 1. The SMILES string of the molecule is COc1cccc(S(=O)C2CCCC(N)C2)c1. The maximum Gasteiger partial charge on any atom is 0.120 e. The molecule has 0 heterocycles. The molecule has 1 aromatic rings. The van der Waals surface area contributed by atoms with E-state index in [2.05, 4.69) is 0 Å². The van der Waals surface area contributed by atoms with Crippen LogP contribution in [0.4, 0.5) is 0 Å². The standard InChI is InChI=1S/C13H19NO2S/c1-16-11-5-3-7-13(9-11)17(15)12-6-2-4-10(14)8-12/h3,5,7,9-10,12H,2,4,6,8,14H2,1H3. The van der Waals surface area contributed by atoms with Gasteiger partial charge in [-0.3, -0.25) is 4.21 Å². The summed E-state index contributed by atoms with van der Waals surface area (Å²) in [7, 11) is 0.661. The quantitative estimate of drug-likeness (QED) is 0.897. The van der Waals surface area contributed by atoms with Gasteiger partial charge in [0.05, 0.1) is 17.9 Å². The van der Waals surface area contributed by atoms with Crippen LogP contribution in [0.25, 0.3) is 0 Å². The Hall–Kier alpha value is -0.870. The van der Waals surface area contributed by atoms with Crippen LogP contribution in [0.2, 0.25) is 0 Å². The summed E-state index contributed by atoms with van der Waals surface area (Å²) in [5.74, 6) is 0.760. The fourth-order valence-electron chi connectivity index (χ4n) is 2.29. The Kier molecular flexibility index (Phi) is 4.18. The molecule has 0 aromatic heterocycles. The molecule has 3 unspecified atom stereocenters. The molecule has 0 saturated heterocycles. The second-order valence-electron chi connectivity index (χ2n) is 4.53. The molecule has 0 bridgehead atoms. The highest BCUT2D eigenvalue weighted by Gasteiger charge is 2.25. The molecule has 0 aliphatic heterocycles. The number of hydrogen-bond donors (Lipinski definition) is 1. The summed E-state index contributed by atoms with van der Waals surface area (Å²) in [5, 5.41) is 0.200. The van der Waals surface area contributed by atoms with E-state index in [1.54, 1.807) is 7.11 Å². The van der Waals surface area contributed by atoms with Crippen molar-refractivity contribution in [1.82, 2.24) is 0 Å². The van der Waals surface area contributed by atoms with Crippen molar-refractivity contribution in [2.24, 2.45) is 5.73 Å². The van der Waals surface area contributed by atoms with Gasteiger partial charge in [-0.25, -0.2) is 0 Å². The fraction of sp³-hybridized carbons (Fsp3) is 0.538. The minimum Gasteiger partial charge on any atom is -0.497 e. The second-order valence-corrected chi connectivity index (χ2v) is 6.26. The molecule has 2 N–H and O–H groups in total. The van der Waals surface area contributed by atoms with Gasteiger partial charge in [0, 0.05) is 16.2 Å². The van der Waals surface area contributed by atoms with Crippen molar-refractivity contribution in [1.29, 1.82) is 0 Å². The van der Waals surface area contributed by atoms with Gasteiger partial charge in [-0.1, -0.05) is 12.5 Å². The zero-order valence-electron chi connectivity index (χ0n) is 10.1. The van der Waals surface area contributed by atoms with Crippen molar-refractivity contribution < 1.29 is 8.95 Å². The third kappa shape index (κ3) is 3.07. The zero-order chi connectivity index (χ0) is 12.3. The smallest absolute Gasteiger partial charge is 0.120 e. The van der Waals surface area contributed by atoms with Gasteiger partial charge in [-0.05, 0) is 37.5 Å². The first-order valence-corrected chi connectivity index (χ1v) is 7.22. The van der Waals surface area contributed by atoms with Crippen molar-refractivity contribution >= 4 is 10.8 Å². The Morgan fingerprint density at radius 1 is 1.41 bits per heavy atom. The van der Waals surface area contributed by atoms with E-state index in [0.717, 1.165) is 36.3 Å². The average molecular weight is 253 g/mol. The summed E-state index contributed by atoms with van der Waals surface area (Å²) in [6.07, 6.45) is 4.02. The molecule has 17 heavy (non-hydrogen) atoms. The van der Waals surface area contributed by atoms with Crippen molar-refractivity contribution in [3.8, 4) is 5.75 Å². The van der Waals surface area contributed by atoms with Crippen molar-refractivity contribution in [3.63, 3.8) is 0 Å². The topological polar surface area (TPSA) is 52.3 Å². The van der Waals surface area contributed by atoms with Gasteiger partial charge in [-0.2, -0.15) is 0 Å². The molecule has 0 radical (unpaired) electrons. The van der Waals surface area contributed by atoms with E-state index in [1.165, 1.54) is 0 Å². The van der Waals surface area contributed by atoms with Crippen LogP contribution in [-0.4, -0.2) is 22.6 Å². The van der Waals surface area contributed by atoms with Gasteiger partial charge < -0.3 is 10.5 Å². The molecule has 0 spiro atoms. The predicted octanol–water partition coefficient (Wildman–Crippen LogP) is 2.07. The van der Waals surface area contributed by atoms with E-state index in [0.29, 0.717) is 0 Å². The fourth-order valence-corrected chi connectivity index (χ4v) is 3.93. The van der Waals surface area contributed by atoms with Crippen molar-refractivity contribution in [2.45, 2.75) is 41.9 Å². The molecule has 0 amide bonds. The van der Waals surface area contributed by atoms with Crippen LogP contribution in [0, 0.1) is 0 Å². The monoisotopic (exact) mass is 253 g/mol. The lowest BCUT2D eigenvalue weighted by Crippen LogP contribution is -2.33. The highest BCUT2D eigenvalue weighted by Crippen LogP contribution is 2.26. The number of rotatable bonds is 3. The van der Waals surface area contributed by atoms with E-state index in [9.17, 15) is 4.21 Å². The molecule has 2 rings (SSSR count). The van der Waals surface area contributed by atoms with E-state index < -0.39 is 10.8 Å². The summed E-state index contributed by atoms with van der Waals surface area (Å²) in [4.78, 5) is 0.850. The third-order valence-electron chi connectivity index (χ3n) is 3.24. The largest absolute Gasteiger partial charge is 0.497 e. The van der Waals surface area contributed by atoms with Crippen LogP contribution >= 0.6 is 0 Å². The maximum absolute atomic E-state index is 12.4. The van der Waals surface area contributed by atoms with E-state index in [4.69, 9.17) is 10.5 Å². The first-order chi connectivity index (χ1) is 8.20. The lowest BCUT2D eigenvalue weighted by Gasteiger charge is -2.25. The molecule has 1 aliphatic carbocycles. The van der Waals surface area contributed by atoms with Crippen LogP contribution in [0.5, 0.6) is 5.75 Å². The second kappa shape index (κ2) is 5.65. The summed E-state index contributed by atoms with van der Waals surface area (Å²) in [6.45, 7) is 0. The Labute approximate surface area is 105 Å². The Morgan fingerprint density at radius 2 is 2.24 bits per heavy atom. The Bertz CT molecular complexity index is 408. The molecule has 1 aromatic carbocycles. The van der Waals surface area contributed by atoms with Crippen LogP contribution < -0.4 is 10.5 Å². The van der Waals surface area contributed by atoms with Gasteiger partial charge in [0.15, 0.2) is 0 Å². The van der Waals surface area contributed by atoms with Crippen LogP contribution in [0.15, 0.2) is 29.2 Å². The first-order valence-electron chi connectivity index (χ1n) is 6.01. The van der Waals surface area contributed by atoms with Gasteiger partial charge >= 0.3 is 0 Å². The van der Waals surface area contributed by atoms with Crippen molar-refractivity contribution in [2.75, 3.05) is 7.11 Å². The summed E-state index contributed by atoms with van der Waals surface area (Å²) < 4.78 is 17.6. The van der Waals surface area contributed by atoms with Crippen molar-refractivity contribution in [3.05, 3.63) is 24.3 Å². The molecular formula is C13H19NO2S. The van der Waals surface area contributed by atoms with E-state index in [1.807, 2.05) is 24.3 Å². The number of methoxy groups -OCH3 is 1. The normalized spacial score (nSPS) is 26.5. The molecule has 1 aliphatic rings. The lowest BCUT2D eigenvalue weighted by molar-refractivity contribution is 0.413. The van der Waals surface area contributed by atoms with Gasteiger partial charge in [0.25, 0.3) is 0 Å². The van der Waals surface area contributed by atoms with Gasteiger partial charge in [0.1, 0.15) is 5.75 Å². The molecule has 1 saturated carbocycles. The molecule has 94 valence electrons. The van der Waals surface area contributed by atoms with Gasteiger partial charge in [-0.15, -0.1) is 0 Å². The van der Waals surface area contributed by atoms with Crippen LogP contribution in [-0.2, 0) is 10.8 Å². The minimum atomic E-state index is -0.962. The van der Waals surface area contributed by atoms with Gasteiger partial charge in [0.2, 0.25) is 0 Å². The summed E-state index contributed by atoms with van der Waals surface area (Å²) in [5.41, 5.74) is 5.94. The van der Waals surface area contributed by atoms with Crippen LogP contribution in [0.1, 0.15) is 25.7 Å². The zero-order valence-corrected chi connectivity index (χ0v) is 10.9. The maximum atomic E-state index is 12.4.